The van der Waals surface area contributed by atoms with E-state index in [1.165, 1.54) is 6.07 Å². The largest absolute Gasteiger partial charge is 0.310 e. The van der Waals surface area contributed by atoms with Gasteiger partial charge in [-0.15, -0.1) is 0 Å². The highest BCUT2D eigenvalue weighted by atomic mass is 79.9. The van der Waals surface area contributed by atoms with Gasteiger partial charge in [0, 0.05) is 25.7 Å². The van der Waals surface area contributed by atoms with Gasteiger partial charge in [0.1, 0.15) is 5.82 Å². The summed E-state index contributed by atoms with van der Waals surface area (Å²) in [6.45, 7) is 3.01. The molecule has 0 fully saturated rings. The summed E-state index contributed by atoms with van der Waals surface area (Å²) in [5.74, 6) is -0.230. The molecule has 1 aromatic heterocycles. The fourth-order valence-electron chi connectivity index (χ4n) is 2.18. The van der Waals surface area contributed by atoms with E-state index >= 15 is 0 Å². The molecule has 3 nitrogen and oxygen atoms in total. The Morgan fingerprint density at radius 2 is 2.20 bits per heavy atom. The van der Waals surface area contributed by atoms with Crippen LogP contribution in [-0.4, -0.2) is 16.3 Å². The molecule has 1 aromatic carbocycles. The molecule has 108 valence electrons. The van der Waals surface area contributed by atoms with E-state index in [9.17, 15) is 4.39 Å². The average molecular weight is 340 g/mol. The Kier molecular flexibility index (Phi) is 5.31. The second kappa shape index (κ2) is 6.99. The van der Waals surface area contributed by atoms with Gasteiger partial charge in [0.25, 0.3) is 0 Å². The summed E-state index contributed by atoms with van der Waals surface area (Å²) in [6.07, 6.45) is 3.70. The summed E-state index contributed by atoms with van der Waals surface area (Å²) in [5, 5.41) is 7.87. The van der Waals surface area contributed by atoms with Crippen molar-refractivity contribution in [2.24, 2.45) is 7.05 Å². The Morgan fingerprint density at radius 3 is 2.85 bits per heavy atom. The maximum atomic E-state index is 13.7. The number of nitrogens with zero attached hydrogens (tertiary/aromatic N) is 2. The summed E-state index contributed by atoms with van der Waals surface area (Å²) in [4.78, 5) is 0. The third-order valence-corrected chi connectivity index (χ3v) is 4.02. The minimum Gasteiger partial charge on any atom is -0.310 e. The lowest BCUT2D eigenvalue weighted by molar-refractivity contribution is 0.513. The van der Waals surface area contributed by atoms with Gasteiger partial charge in [-0.05, 0) is 46.6 Å². The van der Waals surface area contributed by atoms with Gasteiger partial charge >= 0.3 is 0 Å². The number of hydrogen-bond donors (Lipinski definition) is 1. The average Bonchev–Trinajstić information content (AvgIpc) is 2.83. The van der Waals surface area contributed by atoms with Crippen molar-refractivity contribution in [1.82, 2.24) is 15.1 Å². The minimum atomic E-state index is -0.230. The van der Waals surface area contributed by atoms with Crippen LogP contribution >= 0.6 is 15.9 Å². The number of nitrogens with one attached hydrogen (secondary N) is 1. The maximum Gasteiger partial charge on any atom is 0.137 e. The first kappa shape index (κ1) is 15.2. The van der Waals surface area contributed by atoms with Gasteiger partial charge in [-0.3, -0.25) is 4.68 Å². The molecule has 0 amide bonds. The number of hydrogen-bond acceptors (Lipinski definition) is 2. The van der Waals surface area contributed by atoms with E-state index in [1.54, 1.807) is 10.7 Å². The van der Waals surface area contributed by atoms with E-state index in [2.05, 4.69) is 33.3 Å². The van der Waals surface area contributed by atoms with Crippen LogP contribution in [0.4, 0.5) is 4.39 Å². The fourth-order valence-corrected chi connectivity index (χ4v) is 2.72. The van der Waals surface area contributed by atoms with Crippen LogP contribution in [0.1, 0.15) is 30.6 Å². The van der Waals surface area contributed by atoms with Crippen LogP contribution in [0.15, 0.2) is 34.9 Å². The first-order chi connectivity index (χ1) is 9.61. The monoisotopic (exact) mass is 339 g/mol. The summed E-state index contributed by atoms with van der Waals surface area (Å²) >= 11 is 3.35. The number of rotatable bonds is 6. The van der Waals surface area contributed by atoms with Gasteiger partial charge in [0.05, 0.1) is 10.2 Å². The van der Waals surface area contributed by atoms with Gasteiger partial charge in [-0.25, -0.2) is 4.39 Å². The van der Waals surface area contributed by atoms with E-state index in [1.807, 2.05) is 25.4 Å². The molecule has 5 heteroatoms. The van der Waals surface area contributed by atoms with Crippen molar-refractivity contribution in [3.8, 4) is 0 Å². The predicted octanol–water partition coefficient (Wildman–Crippen LogP) is 3.61. The molecule has 20 heavy (non-hydrogen) atoms. The summed E-state index contributed by atoms with van der Waals surface area (Å²) < 4.78 is 16.0. The predicted molar refractivity (Wildman–Crippen MR) is 82.0 cm³/mol. The van der Waals surface area contributed by atoms with E-state index in [4.69, 9.17) is 0 Å². The van der Waals surface area contributed by atoms with E-state index < -0.39 is 0 Å². The molecule has 0 aliphatic heterocycles. The molecule has 2 rings (SSSR count). The van der Waals surface area contributed by atoms with Crippen LogP contribution in [0.5, 0.6) is 0 Å². The van der Waals surface area contributed by atoms with Crippen molar-refractivity contribution < 1.29 is 4.39 Å². The van der Waals surface area contributed by atoms with Gasteiger partial charge in [0.15, 0.2) is 0 Å². The quantitative estimate of drug-likeness (QED) is 0.871. The van der Waals surface area contributed by atoms with Crippen molar-refractivity contribution in [2.45, 2.75) is 25.8 Å². The lowest BCUT2D eigenvalue weighted by Crippen LogP contribution is -2.25. The van der Waals surface area contributed by atoms with Crippen molar-refractivity contribution in [3.05, 3.63) is 52.0 Å². The van der Waals surface area contributed by atoms with Crippen LogP contribution in [0, 0.1) is 5.82 Å². The Balaban J connectivity index is 2.24. The fraction of sp³-hybridized carbons (Fsp3) is 0.400. The normalized spacial score (nSPS) is 12.6. The molecule has 1 N–H and O–H groups in total. The molecule has 0 aliphatic rings. The number of aromatic nitrogens is 2. The third kappa shape index (κ3) is 3.67. The SMILES string of the molecule is CCCNC(Cc1ccn(C)n1)c1cccc(F)c1Br. The van der Waals surface area contributed by atoms with Crippen LogP contribution in [-0.2, 0) is 13.5 Å². The molecular weight excluding hydrogens is 321 g/mol. The first-order valence-corrected chi connectivity index (χ1v) is 7.57. The highest BCUT2D eigenvalue weighted by Crippen LogP contribution is 2.28. The maximum absolute atomic E-state index is 13.7. The standard InChI is InChI=1S/C15H19BrFN3/c1-3-8-18-14(10-11-7-9-20(2)19-11)12-5-4-6-13(17)15(12)16/h4-7,9,14,18H,3,8,10H2,1-2H3. The Labute approximate surface area is 127 Å². The van der Waals surface area contributed by atoms with Crippen LogP contribution < -0.4 is 5.32 Å². The Bertz CT molecular complexity index is 568. The molecule has 2 aromatic rings. The molecule has 0 radical (unpaired) electrons. The van der Waals surface area contributed by atoms with Crippen molar-refractivity contribution in [1.29, 1.82) is 0 Å². The molecule has 1 unspecified atom stereocenters. The lowest BCUT2D eigenvalue weighted by Gasteiger charge is -2.19. The van der Waals surface area contributed by atoms with E-state index in [0.717, 1.165) is 30.6 Å². The second-order valence-corrected chi connectivity index (χ2v) is 5.63. The Morgan fingerprint density at radius 1 is 1.40 bits per heavy atom. The van der Waals surface area contributed by atoms with Crippen LogP contribution in [0.25, 0.3) is 0 Å². The molecule has 0 spiro atoms. The highest BCUT2D eigenvalue weighted by molar-refractivity contribution is 9.10. The number of aryl methyl sites for hydroxylation is 1. The molecule has 0 saturated carbocycles. The van der Waals surface area contributed by atoms with Crippen molar-refractivity contribution >= 4 is 15.9 Å². The number of benzene rings is 1. The van der Waals surface area contributed by atoms with E-state index in [0.29, 0.717) is 4.47 Å². The summed E-state index contributed by atoms with van der Waals surface area (Å²) in [7, 11) is 1.90. The number of halogens is 2. The van der Waals surface area contributed by atoms with Gasteiger partial charge in [-0.1, -0.05) is 19.1 Å². The molecule has 1 heterocycles. The molecule has 1 atom stereocenters. The molecule has 0 aliphatic carbocycles. The molecule has 0 bridgehead atoms. The molecular formula is C15H19BrFN3. The van der Waals surface area contributed by atoms with E-state index in [-0.39, 0.29) is 11.9 Å². The van der Waals surface area contributed by atoms with Crippen molar-refractivity contribution in [2.75, 3.05) is 6.54 Å². The smallest absolute Gasteiger partial charge is 0.137 e. The van der Waals surface area contributed by atoms with Crippen LogP contribution in [0.3, 0.4) is 0 Å². The zero-order valence-corrected chi connectivity index (χ0v) is 13.3. The lowest BCUT2D eigenvalue weighted by atomic mass is 10.0. The van der Waals surface area contributed by atoms with Gasteiger partial charge in [-0.2, -0.15) is 5.10 Å². The topological polar surface area (TPSA) is 29.9 Å². The van der Waals surface area contributed by atoms with Crippen molar-refractivity contribution in [3.63, 3.8) is 0 Å². The summed E-state index contributed by atoms with van der Waals surface area (Å²) in [5.41, 5.74) is 1.93. The third-order valence-electron chi connectivity index (χ3n) is 3.18. The zero-order valence-electron chi connectivity index (χ0n) is 11.7. The minimum absolute atomic E-state index is 0.0509. The highest BCUT2D eigenvalue weighted by Gasteiger charge is 2.17. The zero-order chi connectivity index (χ0) is 14.5. The second-order valence-electron chi connectivity index (χ2n) is 4.83. The van der Waals surface area contributed by atoms with Gasteiger partial charge < -0.3 is 5.32 Å². The van der Waals surface area contributed by atoms with Crippen LogP contribution in [0.2, 0.25) is 0 Å². The van der Waals surface area contributed by atoms with Gasteiger partial charge in [0.2, 0.25) is 0 Å². The Hall–Kier alpha value is -1.20. The summed E-state index contributed by atoms with van der Waals surface area (Å²) in [6, 6.07) is 7.20. The molecule has 0 saturated heterocycles. The first-order valence-electron chi connectivity index (χ1n) is 6.77.